The van der Waals surface area contributed by atoms with Crippen LogP contribution in [0.4, 0.5) is 4.39 Å². The minimum atomic E-state index is -0.433. The molecule has 0 radical (unpaired) electrons. The number of hydrogen-bond donors (Lipinski definition) is 1. The van der Waals surface area contributed by atoms with Gasteiger partial charge in [0.15, 0.2) is 0 Å². The Kier molecular flexibility index (Phi) is 6.07. The van der Waals surface area contributed by atoms with E-state index in [1.807, 2.05) is 6.92 Å². The Morgan fingerprint density at radius 3 is 2.53 bits per heavy atom. The Balaban J connectivity index is 2.75. The Morgan fingerprint density at radius 2 is 1.94 bits per heavy atom. The molecule has 2 unspecified atom stereocenters. The molecule has 1 rings (SSSR count). The summed E-state index contributed by atoms with van der Waals surface area (Å²) in [5, 5.41) is 4.38. The standard InChI is InChI=1S/C12H16Cl2FNS/c1-7(17-3)6-16-8(2)9-4-12(15)11(14)5-10(9)13/h4-5,7-8,16H,6H2,1-3H3. The third-order valence-electron chi connectivity index (χ3n) is 2.62. The third kappa shape index (κ3) is 4.32. The van der Waals surface area contributed by atoms with Crippen molar-refractivity contribution in [2.45, 2.75) is 25.1 Å². The van der Waals surface area contributed by atoms with Gasteiger partial charge in [0.2, 0.25) is 0 Å². The molecule has 1 N–H and O–H groups in total. The number of nitrogens with one attached hydrogen (secondary N) is 1. The van der Waals surface area contributed by atoms with Gasteiger partial charge in [-0.2, -0.15) is 11.8 Å². The molecule has 5 heteroatoms. The second-order valence-electron chi connectivity index (χ2n) is 3.96. The molecule has 0 saturated heterocycles. The molecular weight excluding hydrogens is 280 g/mol. The molecule has 0 aromatic heterocycles. The van der Waals surface area contributed by atoms with Gasteiger partial charge in [0.05, 0.1) is 5.02 Å². The fraction of sp³-hybridized carbons (Fsp3) is 0.500. The SMILES string of the molecule is CSC(C)CNC(C)c1cc(F)c(Cl)cc1Cl. The first-order valence-corrected chi connectivity index (χ1v) is 7.40. The lowest BCUT2D eigenvalue weighted by Crippen LogP contribution is -2.26. The lowest BCUT2D eigenvalue weighted by Gasteiger charge is -2.18. The van der Waals surface area contributed by atoms with Gasteiger partial charge >= 0.3 is 0 Å². The highest BCUT2D eigenvalue weighted by Crippen LogP contribution is 2.28. The lowest BCUT2D eigenvalue weighted by atomic mass is 10.1. The van der Waals surface area contributed by atoms with E-state index in [0.717, 1.165) is 12.1 Å². The zero-order valence-electron chi connectivity index (χ0n) is 10.1. The summed E-state index contributed by atoms with van der Waals surface area (Å²) in [6, 6.07) is 2.85. The topological polar surface area (TPSA) is 12.0 Å². The Morgan fingerprint density at radius 1 is 1.29 bits per heavy atom. The molecule has 0 aliphatic carbocycles. The van der Waals surface area contributed by atoms with Gasteiger partial charge in [0.25, 0.3) is 0 Å². The lowest BCUT2D eigenvalue weighted by molar-refractivity contribution is 0.567. The van der Waals surface area contributed by atoms with E-state index in [4.69, 9.17) is 23.2 Å². The van der Waals surface area contributed by atoms with Gasteiger partial charge in [-0.1, -0.05) is 30.1 Å². The normalized spacial score (nSPS) is 14.7. The minimum Gasteiger partial charge on any atom is -0.309 e. The summed E-state index contributed by atoms with van der Waals surface area (Å²) in [4.78, 5) is 0. The van der Waals surface area contributed by atoms with Crippen LogP contribution in [0.2, 0.25) is 10.0 Å². The predicted octanol–water partition coefficient (Wildman–Crippen LogP) is 4.53. The summed E-state index contributed by atoms with van der Waals surface area (Å²) in [5.41, 5.74) is 0.738. The van der Waals surface area contributed by atoms with Crippen LogP contribution in [0.3, 0.4) is 0 Å². The van der Waals surface area contributed by atoms with Crippen LogP contribution in [0, 0.1) is 5.82 Å². The maximum atomic E-state index is 13.4. The first-order chi connectivity index (χ1) is 7.95. The maximum absolute atomic E-state index is 13.4. The zero-order chi connectivity index (χ0) is 13.0. The Bertz CT molecular complexity index is 387. The molecule has 2 atom stereocenters. The van der Waals surface area contributed by atoms with Crippen LogP contribution in [-0.4, -0.2) is 18.1 Å². The van der Waals surface area contributed by atoms with Crippen molar-refractivity contribution in [3.63, 3.8) is 0 Å². The van der Waals surface area contributed by atoms with E-state index >= 15 is 0 Å². The molecule has 0 heterocycles. The van der Waals surface area contributed by atoms with E-state index in [0.29, 0.717) is 10.3 Å². The van der Waals surface area contributed by atoms with E-state index in [1.54, 1.807) is 11.8 Å². The van der Waals surface area contributed by atoms with E-state index in [-0.39, 0.29) is 11.1 Å². The van der Waals surface area contributed by atoms with Crippen molar-refractivity contribution in [2.75, 3.05) is 12.8 Å². The van der Waals surface area contributed by atoms with Crippen LogP contribution in [0.25, 0.3) is 0 Å². The van der Waals surface area contributed by atoms with Crippen molar-refractivity contribution >= 4 is 35.0 Å². The predicted molar refractivity (Wildman–Crippen MR) is 75.8 cm³/mol. The van der Waals surface area contributed by atoms with Crippen molar-refractivity contribution < 1.29 is 4.39 Å². The molecule has 1 aromatic carbocycles. The Hall–Kier alpha value is 0.0400. The highest BCUT2D eigenvalue weighted by Gasteiger charge is 2.13. The molecule has 0 saturated carbocycles. The molecule has 1 nitrogen and oxygen atoms in total. The minimum absolute atomic E-state index is 0.00358. The molecule has 1 aromatic rings. The fourth-order valence-electron chi connectivity index (χ4n) is 1.41. The van der Waals surface area contributed by atoms with Crippen LogP contribution in [0.1, 0.15) is 25.5 Å². The summed E-state index contributed by atoms with van der Waals surface area (Å²) >= 11 is 13.5. The molecule has 96 valence electrons. The van der Waals surface area contributed by atoms with E-state index in [1.165, 1.54) is 12.1 Å². The van der Waals surface area contributed by atoms with Crippen molar-refractivity contribution in [1.82, 2.24) is 5.32 Å². The maximum Gasteiger partial charge on any atom is 0.142 e. The monoisotopic (exact) mass is 295 g/mol. The van der Waals surface area contributed by atoms with E-state index in [2.05, 4.69) is 18.5 Å². The van der Waals surface area contributed by atoms with Crippen molar-refractivity contribution in [3.8, 4) is 0 Å². The van der Waals surface area contributed by atoms with Crippen LogP contribution in [-0.2, 0) is 0 Å². The molecular formula is C12H16Cl2FNS. The first kappa shape index (κ1) is 15.1. The highest BCUT2D eigenvalue weighted by molar-refractivity contribution is 7.99. The first-order valence-electron chi connectivity index (χ1n) is 5.36. The number of hydrogen-bond acceptors (Lipinski definition) is 2. The summed E-state index contributed by atoms with van der Waals surface area (Å²) in [7, 11) is 0. The molecule has 0 aliphatic heterocycles. The van der Waals surface area contributed by atoms with Gasteiger partial charge < -0.3 is 5.32 Å². The molecule has 0 aliphatic rings. The van der Waals surface area contributed by atoms with Crippen molar-refractivity contribution in [3.05, 3.63) is 33.6 Å². The second kappa shape index (κ2) is 6.83. The number of rotatable bonds is 5. The molecule has 0 spiro atoms. The summed E-state index contributed by atoms with van der Waals surface area (Å²) in [5.74, 6) is -0.433. The van der Waals surface area contributed by atoms with Gasteiger partial charge in [-0.3, -0.25) is 0 Å². The Labute approximate surface area is 116 Å². The number of benzene rings is 1. The smallest absolute Gasteiger partial charge is 0.142 e. The highest BCUT2D eigenvalue weighted by atomic mass is 35.5. The molecule has 0 fully saturated rings. The molecule has 17 heavy (non-hydrogen) atoms. The summed E-state index contributed by atoms with van der Waals surface area (Å²) in [6.45, 7) is 4.94. The quantitative estimate of drug-likeness (QED) is 0.801. The van der Waals surface area contributed by atoms with Crippen LogP contribution in [0.15, 0.2) is 12.1 Å². The second-order valence-corrected chi connectivity index (χ2v) is 6.05. The fourth-order valence-corrected chi connectivity index (χ4v) is 2.22. The van der Waals surface area contributed by atoms with Crippen LogP contribution in [0.5, 0.6) is 0 Å². The van der Waals surface area contributed by atoms with Crippen molar-refractivity contribution in [2.24, 2.45) is 0 Å². The van der Waals surface area contributed by atoms with Crippen LogP contribution >= 0.6 is 35.0 Å². The van der Waals surface area contributed by atoms with Crippen molar-refractivity contribution in [1.29, 1.82) is 0 Å². The number of halogens is 3. The summed E-state index contributed by atoms with van der Waals surface area (Å²) in [6.07, 6.45) is 2.06. The van der Waals surface area contributed by atoms with Gasteiger partial charge in [-0.05, 0) is 30.9 Å². The van der Waals surface area contributed by atoms with Gasteiger partial charge in [0, 0.05) is 22.9 Å². The van der Waals surface area contributed by atoms with Gasteiger partial charge in [-0.15, -0.1) is 0 Å². The molecule has 0 bridgehead atoms. The average molecular weight is 296 g/mol. The van der Waals surface area contributed by atoms with Gasteiger partial charge in [-0.25, -0.2) is 4.39 Å². The van der Waals surface area contributed by atoms with Crippen LogP contribution < -0.4 is 5.32 Å². The average Bonchev–Trinajstić information content (AvgIpc) is 2.30. The van der Waals surface area contributed by atoms with E-state index < -0.39 is 5.82 Å². The van der Waals surface area contributed by atoms with E-state index in [9.17, 15) is 4.39 Å². The number of thioether (sulfide) groups is 1. The third-order valence-corrected chi connectivity index (χ3v) is 4.21. The molecule has 0 amide bonds. The van der Waals surface area contributed by atoms with Gasteiger partial charge in [0.1, 0.15) is 5.82 Å². The largest absolute Gasteiger partial charge is 0.309 e. The zero-order valence-corrected chi connectivity index (χ0v) is 12.4. The summed E-state index contributed by atoms with van der Waals surface area (Å²) < 4.78 is 13.4.